The lowest BCUT2D eigenvalue weighted by atomic mass is 9.95. The van der Waals surface area contributed by atoms with Crippen LogP contribution in [-0.4, -0.2) is 38.8 Å². The average molecular weight is 454 g/mol. The molecule has 0 saturated carbocycles. The zero-order valence-electron chi connectivity index (χ0n) is 16.9. The number of fused-ring (bicyclic) bond motifs is 1. The van der Waals surface area contributed by atoms with Gasteiger partial charge >= 0.3 is 6.18 Å². The Balaban J connectivity index is 1.40. The largest absolute Gasteiger partial charge is 0.453 e. The van der Waals surface area contributed by atoms with Crippen LogP contribution in [0.25, 0.3) is 5.65 Å². The second-order valence-corrected chi connectivity index (χ2v) is 7.64. The molecule has 4 rings (SSSR count). The number of nitrogens with one attached hydrogen (secondary N) is 1. The second kappa shape index (κ2) is 8.32. The van der Waals surface area contributed by atoms with E-state index in [0.29, 0.717) is 36.3 Å². The molecule has 1 fully saturated rings. The van der Waals surface area contributed by atoms with Crippen LogP contribution < -0.4 is 10.2 Å². The first-order chi connectivity index (χ1) is 15.1. The molecule has 0 spiro atoms. The van der Waals surface area contributed by atoms with E-state index < -0.39 is 29.7 Å². The van der Waals surface area contributed by atoms with Crippen LogP contribution >= 0.6 is 0 Å². The molecular formula is C20H19F5N6O. The Morgan fingerprint density at radius 3 is 2.50 bits per heavy atom. The molecule has 12 heteroatoms. The van der Waals surface area contributed by atoms with E-state index in [1.165, 1.54) is 12.1 Å². The molecule has 7 nitrogen and oxygen atoms in total. The molecule has 1 amide bonds. The first-order valence-electron chi connectivity index (χ1n) is 9.93. The minimum atomic E-state index is -4.68. The van der Waals surface area contributed by atoms with Gasteiger partial charge in [0.25, 0.3) is 5.82 Å². The maximum atomic E-state index is 13.9. The van der Waals surface area contributed by atoms with Crippen molar-refractivity contribution in [2.24, 2.45) is 5.92 Å². The average Bonchev–Trinajstić information content (AvgIpc) is 3.17. The van der Waals surface area contributed by atoms with Crippen molar-refractivity contribution in [2.45, 2.75) is 32.0 Å². The zero-order chi connectivity index (χ0) is 23.0. The quantitative estimate of drug-likeness (QED) is 0.611. The third-order valence-corrected chi connectivity index (χ3v) is 5.48. The van der Waals surface area contributed by atoms with Crippen LogP contribution in [0.1, 0.15) is 37.2 Å². The Bertz CT molecular complexity index is 1140. The summed E-state index contributed by atoms with van der Waals surface area (Å²) in [5.41, 5.74) is 0.168. The summed E-state index contributed by atoms with van der Waals surface area (Å²) in [6.07, 6.45) is -3.80. The van der Waals surface area contributed by atoms with E-state index in [0.717, 1.165) is 12.1 Å². The van der Waals surface area contributed by atoms with Gasteiger partial charge in [-0.15, -0.1) is 15.3 Å². The maximum Gasteiger partial charge on any atom is 0.453 e. The number of aromatic nitrogens is 4. The number of halogens is 5. The van der Waals surface area contributed by atoms with Crippen LogP contribution in [0.4, 0.5) is 27.8 Å². The standard InChI is InChI=1S/C20H19F5N6O/c1-11(14-3-2-13(21)10-15(14)22)26-18(32)12-6-8-30(9-7-12)17-5-4-16-27-28-19(20(23,24)25)31(16)29-17/h2-5,10-12H,6-9H2,1H3,(H,26,32). The monoisotopic (exact) mass is 454 g/mol. The molecule has 1 aromatic carbocycles. The summed E-state index contributed by atoms with van der Waals surface area (Å²) in [7, 11) is 0. The fourth-order valence-corrected chi connectivity index (χ4v) is 3.76. The fraction of sp³-hybridized carbons (Fsp3) is 0.400. The van der Waals surface area contributed by atoms with Gasteiger partial charge in [0.1, 0.15) is 17.5 Å². The van der Waals surface area contributed by atoms with Gasteiger partial charge in [0.05, 0.1) is 6.04 Å². The van der Waals surface area contributed by atoms with E-state index >= 15 is 0 Å². The molecule has 1 saturated heterocycles. The van der Waals surface area contributed by atoms with E-state index in [1.54, 1.807) is 17.9 Å². The van der Waals surface area contributed by atoms with Crippen molar-refractivity contribution >= 4 is 17.4 Å². The molecule has 1 aliphatic heterocycles. The van der Waals surface area contributed by atoms with E-state index in [-0.39, 0.29) is 23.0 Å². The summed E-state index contributed by atoms with van der Waals surface area (Å²) in [6, 6.07) is 5.51. The van der Waals surface area contributed by atoms with E-state index in [4.69, 9.17) is 0 Å². The van der Waals surface area contributed by atoms with E-state index in [9.17, 15) is 26.7 Å². The molecule has 1 aliphatic rings. The Labute approximate surface area is 179 Å². The molecule has 1 N–H and O–H groups in total. The summed E-state index contributed by atoms with van der Waals surface area (Å²) < 4.78 is 66.9. The molecule has 170 valence electrons. The zero-order valence-corrected chi connectivity index (χ0v) is 16.9. The van der Waals surface area contributed by atoms with E-state index in [1.807, 2.05) is 0 Å². The van der Waals surface area contributed by atoms with Crippen LogP contribution in [0.3, 0.4) is 0 Å². The fourth-order valence-electron chi connectivity index (χ4n) is 3.76. The van der Waals surface area contributed by atoms with Gasteiger partial charge in [-0.2, -0.15) is 17.7 Å². The minimum Gasteiger partial charge on any atom is -0.355 e. The van der Waals surface area contributed by atoms with E-state index in [2.05, 4.69) is 20.6 Å². The number of anilines is 1. The summed E-state index contributed by atoms with van der Waals surface area (Å²) in [5, 5.41) is 13.4. The number of alkyl halides is 3. The van der Waals surface area contributed by atoms with Gasteiger partial charge in [-0.3, -0.25) is 4.79 Å². The Morgan fingerprint density at radius 1 is 1.12 bits per heavy atom. The highest BCUT2D eigenvalue weighted by Crippen LogP contribution is 2.29. The second-order valence-electron chi connectivity index (χ2n) is 7.64. The number of carbonyl (C=O) groups is 1. The van der Waals surface area contributed by atoms with Crippen LogP contribution in [0.2, 0.25) is 0 Å². The lowest BCUT2D eigenvalue weighted by Crippen LogP contribution is -2.41. The van der Waals surface area contributed by atoms with Gasteiger partial charge in [-0.25, -0.2) is 8.78 Å². The highest BCUT2D eigenvalue weighted by atomic mass is 19.4. The van der Waals surface area contributed by atoms with Gasteiger partial charge in [0.15, 0.2) is 5.65 Å². The molecule has 3 aromatic rings. The Morgan fingerprint density at radius 2 is 1.84 bits per heavy atom. The molecular weight excluding hydrogens is 435 g/mol. The van der Waals surface area contributed by atoms with Crippen molar-refractivity contribution in [1.82, 2.24) is 25.1 Å². The van der Waals surface area contributed by atoms with Gasteiger partial charge in [0, 0.05) is 30.6 Å². The lowest BCUT2D eigenvalue weighted by molar-refractivity contribution is -0.146. The molecule has 0 bridgehead atoms. The summed E-state index contributed by atoms with van der Waals surface area (Å²) in [6.45, 7) is 2.42. The highest BCUT2D eigenvalue weighted by molar-refractivity contribution is 5.79. The lowest BCUT2D eigenvalue weighted by Gasteiger charge is -2.32. The van der Waals surface area contributed by atoms with Gasteiger partial charge in [-0.1, -0.05) is 6.07 Å². The molecule has 1 atom stereocenters. The molecule has 2 aromatic heterocycles. The normalized spacial score (nSPS) is 16.4. The number of hydrogen-bond acceptors (Lipinski definition) is 5. The van der Waals surface area contributed by atoms with Crippen molar-refractivity contribution in [3.8, 4) is 0 Å². The number of benzene rings is 1. The number of rotatable bonds is 4. The van der Waals surface area contributed by atoms with Gasteiger partial charge in [-0.05, 0) is 38.0 Å². The predicted octanol–water partition coefficient (Wildman–Crippen LogP) is 3.52. The third kappa shape index (κ3) is 4.34. The number of carbonyl (C=O) groups excluding carboxylic acids is 1. The first-order valence-corrected chi connectivity index (χ1v) is 9.93. The number of amides is 1. The number of nitrogens with zero attached hydrogens (tertiary/aromatic N) is 5. The highest BCUT2D eigenvalue weighted by Gasteiger charge is 2.38. The molecule has 0 radical (unpaired) electrons. The van der Waals surface area contributed by atoms with Crippen molar-refractivity contribution < 1.29 is 26.7 Å². The Kier molecular flexibility index (Phi) is 5.70. The smallest absolute Gasteiger partial charge is 0.355 e. The molecule has 0 aliphatic carbocycles. The summed E-state index contributed by atoms with van der Waals surface area (Å²) in [4.78, 5) is 14.4. The number of hydrogen-bond donors (Lipinski definition) is 1. The minimum absolute atomic E-state index is 0.0163. The van der Waals surface area contributed by atoms with Crippen LogP contribution in [-0.2, 0) is 11.0 Å². The SMILES string of the molecule is CC(NC(=O)C1CCN(c2ccc3nnc(C(F)(F)F)n3n2)CC1)c1ccc(F)cc1F. The predicted molar refractivity (Wildman–Crippen MR) is 104 cm³/mol. The van der Waals surface area contributed by atoms with Crippen LogP contribution in [0, 0.1) is 17.6 Å². The number of piperidine rings is 1. The molecule has 1 unspecified atom stereocenters. The van der Waals surface area contributed by atoms with Crippen LogP contribution in [0.15, 0.2) is 30.3 Å². The Hall–Kier alpha value is -3.31. The molecule has 32 heavy (non-hydrogen) atoms. The van der Waals surface area contributed by atoms with Gasteiger partial charge < -0.3 is 10.2 Å². The topological polar surface area (TPSA) is 75.4 Å². The van der Waals surface area contributed by atoms with Crippen molar-refractivity contribution in [2.75, 3.05) is 18.0 Å². The maximum absolute atomic E-state index is 13.9. The van der Waals surface area contributed by atoms with Crippen LogP contribution in [0.5, 0.6) is 0 Å². The molecule has 3 heterocycles. The van der Waals surface area contributed by atoms with Gasteiger partial charge in [0.2, 0.25) is 5.91 Å². The first kappa shape index (κ1) is 21.9. The summed E-state index contributed by atoms with van der Waals surface area (Å²) in [5.74, 6) is -2.92. The van der Waals surface area contributed by atoms with Crippen molar-refractivity contribution in [1.29, 1.82) is 0 Å². The summed E-state index contributed by atoms with van der Waals surface area (Å²) >= 11 is 0. The van der Waals surface area contributed by atoms with Crippen molar-refractivity contribution in [3.63, 3.8) is 0 Å². The third-order valence-electron chi connectivity index (χ3n) is 5.48. The van der Waals surface area contributed by atoms with Crippen molar-refractivity contribution in [3.05, 3.63) is 53.4 Å².